The fraction of sp³-hybridized carbons (Fsp3) is 0.500. The quantitative estimate of drug-likeness (QED) is 0.255. The van der Waals surface area contributed by atoms with Crippen molar-refractivity contribution >= 4 is 34.0 Å². The molecule has 0 radical (unpaired) electrons. The monoisotopic (exact) mass is 496 g/mol. The molecule has 3 aromatic rings. The average molecular weight is 497 g/mol. The highest BCUT2D eigenvalue weighted by Crippen LogP contribution is 2.33. The molecule has 4 N–H and O–H groups in total. The third-order valence-electron chi connectivity index (χ3n) is 7.39. The van der Waals surface area contributed by atoms with Crippen LogP contribution in [-0.2, 0) is 13.1 Å². The van der Waals surface area contributed by atoms with Crippen LogP contribution in [0.5, 0.6) is 0 Å². The number of hydrogen-bond acceptors (Lipinski definition) is 6. The molecule has 3 aromatic carbocycles. The van der Waals surface area contributed by atoms with Gasteiger partial charge in [-0.1, -0.05) is 48.5 Å². The van der Waals surface area contributed by atoms with Crippen molar-refractivity contribution in [2.75, 3.05) is 78.5 Å². The number of fused-ring (bicyclic) bond motifs is 2. The maximum atomic E-state index is 3.75. The Morgan fingerprint density at radius 1 is 0.571 bits per heavy atom. The summed E-state index contributed by atoms with van der Waals surface area (Å²) in [5.74, 6) is 0. The summed E-state index contributed by atoms with van der Waals surface area (Å²) in [5, 5.41) is 19.9. The van der Waals surface area contributed by atoms with Crippen LogP contribution in [0.2, 0.25) is 0 Å². The molecule has 0 aliphatic carbocycles. The highest BCUT2D eigenvalue weighted by molar-refractivity contribution is 6.05. The van der Waals surface area contributed by atoms with E-state index in [1.807, 2.05) is 0 Å². The summed E-state index contributed by atoms with van der Waals surface area (Å²) in [6, 6.07) is 18.0. The Morgan fingerprint density at radius 2 is 0.914 bits per heavy atom. The lowest BCUT2D eigenvalue weighted by molar-refractivity contribution is 0.241. The number of hydrogen-bond donors (Lipinski definition) is 4. The van der Waals surface area contributed by atoms with Crippen LogP contribution in [0.1, 0.15) is 11.1 Å². The van der Waals surface area contributed by atoms with E-state index in [9.17, 15) is 0 Å². The van der Waals surface area contributed by atoms with Crippen molar-refractivity contribution in [3.8, 4) is 0 Å². The van der Waals surface area contributed by atoms with Crippen LogP contribution < -0.4 is 21.3 Å². The van der Waals surface area contributed by atoms with Gasteiger partial charge in [0, 0.05) is 91.6 Å². The molecule has 2 aliphatic heterocycles. The summed E-state index contributed by atoms with van der Waals surface area (Å²) in [6.45, 7) is 15.2. The van der Waals surface area contributed by atoms with Crippen molar-refractivity contribution in [3.63, 3.8) is 0 Å². The van der Waals surface area contributed by atoms with Crippen LogP contribution in [0, 0.1) is 0 Å². The average Bonchev–Trinajstić information content (AvgIpc) is 2.90. The minimum Gasteiger partial charge on any atom is -0.314 e. The first-order valence-electron chi connectivity index (χ1n) is 13.1. The second kappa shape index (κ2) is 13.5. The molecular formula is C28H41ClN6. The van der Waals surface area contributed by atoms with Gasteiger partial charge in [0.25, 0.3) is 0 Å². The van der Waals surface area contributed by atoms with Gasteiger partial charge in [0.05, 0.1) is 0 Å². The van der Waals surface area contributed by atoms with Crippen molar-refractivity contribution in [2.24, 2.45) is 0 Å². The molecule has 2 aliphatic rings. The van der Waals surface area contributed by atoms with E-state index in [4.69, 9.17) is 0 Å². The lowest BCUT2D eigenvalue weighted by Gasteiger charge is -2.27. The van der Waals surface area contributed by atoms with Gasteiger partial charge in [0.2, 0.25) is 0 Å². The molecule has 0 saturated carbocycles. The third-order valence-corrected chi connectivity index (χ3v) is 7.39. The fourth-order valence-electron chi connectivity index (χ4n) is 5.46. The summed E-state index contributed by atoms with van der Waals surface area (Å²) in [6.07, 6.45) is 0. The van der Waals surface area contributed by atoms with E-state index in [1.165, 1.54) is 32.7 Å². The standard InChI is InChI=1S/C28H40N6.ClH/c1-2-6-24-23(5-1)27(21-31-13-19-33-15-9-29-10-16-33)25-7-3-4-8-26(25)28(24)22-32-14-20-34-17-11-30-12-18-34;/h1-8,29-32H,9-22H2;1H. The Hall–Kier alpha value is -1.77. The molecule has 0 atom stereocenters. The number of rotatable bonds is 10. The van der Waals surface area contributed by atoms with E-state index in [2.05, 4.69) is 79.6 Å². The van der Waals surface area contributed by atoms with Crippen LogP contribution in [0.15, 0.2) is 48.5 Å². The smallest absolute Gasteiger partial charge is 0.0218 e. The Balaban J connectivity index is 0.00000289. The van der Waals surface area contributed by atoms with Gasteiger partial charge in [0.15, 0.2) is 0 Å². The lowest BCUT2D eigenvalue weighted by atomic mass is 9.91. The highest BCUT2D eigenvalue weighted by Gasteiger charge is 2.14. The third kappa shape index (κ3) is 6.71. The van der Waals surface area contributed by atoms with Gasteiger partial charge in [-0.3, -0.25) is 9.80 Å². The normalized spacial score (nSPS) is 17.6. The maximum Gasteiger partial charge on any atom is 0.0218 e. The van der Waals surface area contributed by atoms with Crippen molar-refractivity contribution in [1.82, 2.24) is 31.1 Å². The van der Waals surface area contributed by atoms with Gasteiger partial charge >= 0.3 is 0 Å². The molecule has 190 valence electrons. The Kier molecular flexibility index (Phi) is 10.2. The molecular weight excluding hydrogens is 456 g/mol. The van der Waals surface area contributed by atoms with Gasteiger partial charge in [-0.25, -0.2) is 0 Å². The van der Waals surface area contributed by atoms with E-state index in [1.54, 1.807) is 0 Å². The molecule has 7 heteroatoms. The van der Waals surface area contributed by atoms with Crippen molar-refractivity contribution in [2.45, 2.75) is 13.1 Å². The van der Waals surface area contributed by atoms with Crippen molar-refractivity contribution in [1.29, 1.82) is 0 Å². The molecule has 0 amide bonds. The van der Waals surface area contributed by atoms with Crippen molar-refractivity contribution < 1.29 is 0 Å². The minimum atomic E-state index is 0. The zero-order valence-electron chi connectivity index (χ0n) is 20.8. The fourth-order valence-corrected chi connectivity index (χ4v) is 5.46. The molecule has 5 rings (SSSR count). The minimum absolute atomic E-state index is 0. The van der Waals surface area contributed by atoms with Crippen LogP contribution in [0.25, 0.3) is 21.5 Å². The molecule has 2 saturated heterocycles. The van der Waals surface area contributed by atoms with Crippen LogP contribution in [-0.4, -0.2) is 88.3 Å². The molecule has 6 nitrogen and oxygen atoms in total. The first kappa shape index (κ1) is 26.3. The predicted octanol–water partition coefficient (Wildman–Crippen LogP) is 2.40. The number of piperazine rings is 2. The van der Waals surface area contributed by atoms with E-state index in [0.717, 1.165) is 91.6 Å². The SMILES string of the molecule is Cl.c1ccc2c(CNCCN3CCNCC3)c3ccccc3c(CNCCN3CCNCC3)c2c1. The highest BCUT2D eigenvalue weighted by atomic mass is 35.5. The van der Waals surface area contributed by atoms with E-state index < -0.39 is 0 Å². The number of benzene rings is 3. The molecule has 0 aromatic heterocycles. The van der Waals surface area contributed by atoms with E-state index in [0.29, 0.717) is 0 Å². The lowest BCUT2D eigenvalue weighted by Crippen LogP contribution is -2.45. The first-order chi connectivity index (χ1) is 16.9. The molecule has 0 spiro atoms. The number of nitrogens with zero attached hydrogens (tertiary/aromatic N) is 2. The summed E-state index contributed by atoms with van der Waals surface area (Å²) in [4.78, 5) is 5.10. The van der Waals surface area contributed by atoms with Gasteiger partial charge < -0.3 is 21.3 Å². The summed E-state index contributed by atoms with van der Waals surface area (Å²) < 4.78 is 0. The van der Waals surface area contributed by atoms with Crippen LogP contribution in [0.3, 0.4) is 0 Å². The topological polar surface area (TPSA) is 54.6 Å². The molecule has 0 bridgehead atoms. The maximum absolute atomic E-state index is 3.75. The molecule has 2 heterocycles. The second-order valence-corrected chi connectivity index (χ2v) is 9.59. The van der Waals surface area contributed by atoms with Crippen LogP contribution >= 0.6 is 12.4 Å². The second-order valence-electron chi connectivity index (χ2n) is 9.59. The van der Waals surface area contributed by atoms with Gasteiger partial charge in [-0.05, 0) is 32.7 Å². The summed E-state index contributed by atoms with van der Waals surface area (Å²) in [5.41, 5.74) is 2.85. The summed E-state index contributed by atoms with van der Waals surface area (Å²) >= 11 is 0. The number of nitrogens with one attached hydrogen (secondary N) is 4. The van der Waals surface area contributed by atoms with Crippen LogP contribution in [0.4, 0.5) is 0 Å². The number of halogens is 1. The van der Waals surface area contributed by atoms with E-state index >= 15 is 0 Å². The van der Waals surface area contributed by atoms with Gasteiger partial charge in [-0.15, -0.1) is 12.4 Å². The zero-order chi connectivity index (χ0) is 23.0. The van der Waals surface area contributed by atoms with Crippen molar-refractivity contribution in [3.05, 3.63) is 59.7 Å². The summed E-state index contributed by atoms with van der Waals surface area (Å²) in [7, 11) is 0. The molecule has 2 fully saturated rings. The Bertz CT molecular complexity index is 921. The van der Waals surface area contributed by atoms with Gasteiger partial charge in [-0.2, -0.15) is 0 Å². The first-order valence-corrected chi connectivity index (χ1v) is 13.1. The molecule has 0 unspecified atom stereocenters. The predicted molar refractivity (Wildman–Crippen MR) is 151 cm³/mol. The largest absolute Gasteiger partial charge is 0.314 e. The Labute approximate surface area is 216 Å². The zero-order valence-corrected chi connectivity index (χ0v) is 21.6. The Morgan fingerprint density at radius 3 is 1.26 bits per heavy atom. The molecule has 35 heavy (non-hydrogen) atoms. The van der Waals surface area contributed by atoms with Gasteiger partial charge in [0.1, 0.15) is 0 Å². The van der Waals surface area contributed by atoms with E-state index in [-0.39, 0.29) is 12.4 Å².